The van der Waals surface area contributed by atoms with Crippen LogP contribution >= 0.6 is 0 Å². The van der Waals surface area contributed by atoms with Crippen LogP contribution in [0.25, 0.3) is 0 Å². The molecule has 0 saturated carbocycles. The summed E-state index contributed by atoms with van der Waals surface area (Å²) in [5.41, 5.74) is 3.82. The molecule has 0 spiro atoms. The van der Waals surface area contributed by atoms with Gasteiger partial charge in [0.05, 0.1) is 56.3 Å². The zero-order valence-electron chi connectivity index (χ0n) is 25.3. The number of unbranched alkanes of at least 4 members (excludes halogenated alkanes) is 1. The molecule has 0 N–H and O–H groups in total. The van der Waals surface area contributed by atoms with E-state index in [1.165, 1.54) is 48.9 Å². The normalized spacial score (nSPS) is 24.5. The van der Waals surface area contributed by atoms with Crippen molar-refractivity contribution in [2.45, 2.75) is 76.5 Å². The summed E-state index contributed by atoms with van der Waals surface area (Å²) < 4.78 is 25.1. The third-order valence-electron chi connectivity index (χ3n) is 7.16. The molecule has 5 heterocycles. The summed E-state index contributed by atoms with van der Waals surface area (Å²) in [6.07, 6.45) is 8.59. The highest BCUT2D eigenvalue weighted by atomic mass is 16.6. The van der Waals surface area contributed by atoms with Crippen molar-refractivity contribution in [2.75, 3.05) is 33.0 Å². The molecule has 8 rings (SSSR count). The van der Waals surface area contributed by atoms with E-state index in [0.29, 0.717) is 24.4 Å². The van der Waals surface area contributed by atoms with Crippen LogP contribution in [0.15, 0.2) is 84.9 Å². The second-order valence-corrected chi connectivity index (χ2v) is 11.0. The molecule has 8 heteroatoms. The number of ether oxygens (including phenoxy) is 5. The number of epoxide rings is 5. The summed E-state index contributed by atoms with van der Waals surface area (Å²) >= 11 is 0. The largest absolute Gasteiger partial charge is 0.373 e. The van der Waals surface area contributed by atoms with E-state index in [2.05, 4.69) is 50.2 Å². The maximum atomic E-state index is 10.3. The first-order valence-corrected chi connectivity index (χ1v) is 15.5. The van der Waals surface area contributed by atoms with Crippen LogP contribution in [0.3, 0.4) is 0 Å². The molecule has 0 radical (unpaired) electrons. The Bertz CT molecular complexity index is 1170. The first kappa shape index (κ1) is 32.8. The van der Waals surface area contributed by atoms with Crippen molar-refractivity contribution in [3.8, 4) is 0 Å². The Labute approximate surface area is 255 Å². The van der Waals surface area contributed by atoms with Crippen molar-refractivity contribution >= 4 is 5.69 Å². The first-order chi connectivity index (χ1) is 21.1. The minimum atomic E-state index is -0.405. The molecule has 5 unspecified atom stereocenters. The lowest BCUT2D eigenvalue weighted by atomic mass is 10.1. The van der Waals surface area contributed by atoms with Gasteiger partial charge >= 0.3 is 0 Å². The summed E-state index contributed by atoms with van der Waals surface area (Å²) in [6, 6.07) is 27.2. The van der Waals surface area contributed by atoms with Crippen LogP contribution in [-0.4, -0.2) is 56.3 Å². The first-order valence-electron chi connectivity index (χ1n) is 15.5. The molecule has 5 fully saturated rings. The second-order valence-electron chi connectivity index (χ2n) is 11.0. The lowest BCUT2D eigenvalue weighted by molar-refractivity contribution is -0.384. The molecule has 3 aromatic rings. The molecule has 5 saturated heterocycles. The van der Waals surface area contributed by atoms with Gasteiger partial charge in [-0.25, -0.2) is 0 Å². The predicted molar refractivity (Wildman–Crippen MR) is 166 cm³/mol. The number of hydrogen-bond acceptors (Lipinski definition) is 7. The molecule has 8 nitrogen and oxygen atoms in total. The van der Waals surface area contributed by atoms with Gasteiger partial charge in [-0.15, -0.1) is 0 Å². The number of hydrogen-bond donors (Lipinski definition) is 0. The summed E-state index contributed by atoms with van der Waals surface area (Å²) in [7, 11) is 0. The minimum Gasteiger partial charge on any atom is -0.373 e. The van der Waals surface area contributed by atoms with E-state index in [9.17, 15) is 10.1 Å². The van der Waals surface area contributed by atoms with Gasteiger partial charge in [-0.1, -0.05) is 87.4 Å². The van der Waals surface area contributed by atoms with Crippen LogP contribution < -0.4 is 0 Å². The molecule has 0 aromatic heterocycles. The molecular formula is C35H45NO7. The molecule has 5 aliphatic heterocycles. The van der Waals surface area contributed by atoms with Gasteiger partial charge < -0.3 is 23.7 Å². The van der Waals surface area contributed by atoms with Crippen molar-refractivity contribution in [2.24, 2.45) is 0 Å². The van der Waals surface area contributed by atoms with Crippen LogP contribution in [0, 0.1) is 10.1 Å². The fourth-order valence-corrected chi connectivity index (χ4v) is 3.99. The summed E-state index contributed by atoms with van der Waals surface area (Å²) in [6.45, 7) is 8.98. The van der Waals surface area contributed by atoms with E-state index >= 15 is 0 Å². The molecule has 5 atom stereocenters. The van der Waals surface area contributed by atoms with Gasteiger partial charge in [0.25, 0.3) is 5.69 Å². The van der Waals surface area contributed by atoms with Gasteiger partial charge in [0.15, 0.2) is 0 Å². The van der Waals surface area contributed by atoms with Crippen LogP contribution in [0.4, 0.5) is 5.69 Å². The topological polar surface area (TPSA) is 106 Å². The van der Waals surface area contributed by atoms with Gasteiger partial charge in [-0.3, -0.25) is 10.1 Å². The monoisotopic (exact) mass is 591 g/mol. The number of nitrogens with zero attached hydrogens (tertiary/aromatic N) is 1. The third-order valence-corrected chi connectivity index (χ3v) is 7.16. The summed E-state index contributed by atoms with van der Waals surface area (Å²) in [5.74, 6) is 0. The van der Waals surface area contributed by atoms with Gasteiger partial charge in [-0.05, 0) is 41.7 Å². The standard InChI is InChI=1S/C9H10O.C8H7NO3.C8H8O.C6H12O.C4H8O/c1-2-4-8(5-3-1)6-9-7-10-9;10-9(11)7-3-1-6(2-4-7)8-5-12-8;1-2-4-7(5-3-1)8-6-9-8;1-2-3-4-6-5-7-6;1-2-4-3-5-4/h1-5,9H,6-7H2;1-4,8H,5H2;1-5,8H,6H2;6H,2-5H2,1H3;4H,2-3H2,1H3. The Balaban J connectivity index is 0.000000126. The lowest BCUT2D eigenvalue weighted by Gasteiger charge is -1.93. The fraction of sp³-hybridized carbons (Fsp3) is 0.486. The van der Waals surface area contributed by atoms with Crippen LogP contribution in [-0.2, 0) is 30.1 Å². The second kappa shape index (κ2) is 17.9. The van der Waals surface area contributed by atoms with Gasteiger partial charge in [-0.2, -0.15) is 0 Å². The highest BCUT2D eigenvalue weighted by molar-refractivity contribution is 5.34. The number of non-ortho nitro benzene ring substituents is 1. The smallest absolute Gasteiger partial charge is 0.269 e. The highest BCUT2D eigenvalue weighted by Gasteiger charge is 2.25. The lowest BCUT2D eigenvalue weighted by Crippen LogP contribution is -1.90. The molecule has 0 bridgehead atoms. The zero-order valence-corrected chi connectivity index (χ0v) is 25.3. The summed E-state index contributed by atoms with van der Waals surface area (Å²) in [5, 5.41) is 10.3. The molecule has 5 aliphatic rings. The maximum absolute atomic E-state index is 10.3. The Morgan fingerprint density at radius 1 is 0.651 bits per heavy atom. The summed E-state index contributed by atoms with van der Waals surface area (Å²) in [4.78, 5) is 9.87. The van der Waals surface area contributed by atoms with Crippen LogP contribution in [0.5, 0.6) is 0 Å². The Hall–Kier alpha value is -3.14. The van der Waals surface area contributed by atoms with Gasteiger partial charge in [0, 0.05) is 18.6 Å². The zero-order chi connectivity index (χ0) is 30.3. The van der Waals surface area contributed by atoms with Gasteiger partial charge in [0.1, 0.15) is 12.2 Å². The van der Waals surface area contributed by atoms with E-state index in [1.54, 1.807) is 12.1 Å². The average Bonchev–Trinajstić information content (AvgIpc) is 3.87. The van der Waals surface area contributed by atoms with Crippen molar-refractivity contribution in [3.05, 3.63) is 112 Å². The predicted octanol–water partition coefficient (Wildman–Crippen LogP) is 7.42. The Morgan fingerprint density at radius 3 is 1.53 bits per heavy atom. The van der Waals surface area contributed by atoms with E-state index in [1.807, 2.05) is 24.3 Å². The minimum absolute atomic E-state index is 0.124. The third kappa shape index (κ3) is 14.7. The quantitative estimate of drug-likeness (QED) is 0.145. The number of benzene rings is 3. The average molecular weight is 592 g/mol. The van der Waals surface area contributed by atoms with Crippen LogP contribution in [0.2, 0.25) is 0 Å². The Morgan fingerprint density at radius 2 is 1.14 bits per heavy atom. The van der Waals surface area contributed by atoms with E-state index in [4.69, 9.17) is 23.7 Å². The van der Waals surface area contributed by atoms with Crippen molar-refractivity contribution in [3.63, 3.8) is 0 Å². The fourth-order valence-electron chi connectivity index (χ4n) is 3.99. The number of rotatable bonds is 9. The molecular weight excluding hydrogens is 546 g/mol. The van der Waals surface area contributed by atoms with Crippen molar-refractivity contribution < 1.29 is 28.6 Å². The molecule has 3 aromatic carbocycles. The van der Waals surface area contributed by atoms with Crippen molar-refractivity contribution in [1.29, 1.82) is 0 Å². The molecule has 0 aliphatic carbocycles. The van der Waals surface area contributed by atoms with Gasteiger partial charge in [0.2, 0.25) is 0 Å². The number of nitro benzene ring substituents is 1. The molecule has 0 amide bonds. The van der Waals surface area contributed by atoms with E-state index in [0.717, 1.165) is 45.0 Å². The van der Waals surface area contributed by atoms with Crippen molar-refractivity contribution in [1.82, 2.24) is 0 Å². The molecule has 43 heavy (non-hydrogen) atoms. The SMILES string of the molecule is CCC1CO1.CCCCC1CO1.O=[N+]([O-])c1ccc(C2CO2)cc1.c1ccc(C2CO2)cc1.c1ccc(CC2CO2)cc1. The van der Waals surface area contributed by atoms with Crippen LogP contribution in [0.1, 0.15) is 68.4 Å². The maximum Gasteiger partial charge on any atom is 0.269 e. The van der Waals surface area contributed by atoms with E-state index in [-0.39, 0.29) is 11.8 Å². The molecule has 232 valence electrons. The highest BCUT2D eigenvalue weighted by Crippen LogP contribution is 2.30. The number of nitro groups is 1. The Kier molecular flexibility index (Phi) is 13.6. The van der Waals surface area contributed by atoms with E-state index < -0.39 is 4.92 Å².